The number of esters is 1. The molecule has 0 spiro atoms. The predicted octanol–water partition coefficient (Wildman–Crippen LogP) is 2.24. The van der Waals surface area contributed by atoms with E-state index in [1.54, 1.807) is 0 Å². The lowest BCUT2D eigenvalue weighted by Crippen LogP contribution is -2.32. The molecule has 0 saturated heterocycles. The van der Waals surface area contributed by atoms with Crippen molar-refractivity contribution in [2.24, 2.45) is 5.73 Å². The van der Waals surface area contributed by atoms with E-state index in [4.69, 9.17) is 10.5 Å². The van der Waals surface area contributed by atoms with Crippen molar-refractivity contribution in [1.29, 1.82) is 0 Å². The maximum atomic E-state index is 11.3. The summed E-state index contributed by atoms with van der Waals surface area (Å²) < 4.78 is 5.01. The summed E-state index contributed by atoms with van der Waals surface area (Å²) in [4.78, 5) is 11.3. The number of hydrogen-bond acceptors (Lipinski definition) is 3. The Morgan fingerprint density at radius 1 is 1.21 bits per heavy atom. The maximum Gasteiger partial charge on any atom is 0.322 e. The van der Waals surface area contributed by atoms with Gasteiger partial charge in [-0.05, 0) is 12.8 Å². The summed E-state index contributed by atoms with van der Waals surface area (Å²) in [5.74, 6) is -0.241. The van der Waals surface area contributed by atoms with E-state index < -0.39 is 6.04 Å². The molecule has 0 heterocycles. The number of rotatable bonds is 8. The summed E-state index contributed by atoms with van der Waals surface area (Å²) >= 11 is 0. The highest BCUT2D eigenvalue weighted by molar-refractivity contribution is 5.75. The minimum absolute atomic E-state index is 0.241. The summed E-state index contributed by atoms with van der Waals surface area (Å²) in [6, 6.07) is -0.418. The number of carbonyl (C=O) groups is 1. The van der Waals surface area contributed by atoms with Gasteiger partial charge >= 0.3 is 5.97 Å². The minimum Gasteiger partial charge on any atom is -0.465 e. The fraction of sp³-hybridized carbons (Fsp3) is 0.909. The highest BCUT2D eigenvalue weighted by Crippen LogP contribution is 2.03. The summed E-state index contributed by atoms with van der Waals surface area (Å²) in [5.41, 5.74) is 5.67. The minimum atomic E-state index is -0.418. The lowest BCUT2D eigenvalue weighted by Gasteiger charge is -2.10. The Kier molecular flexibility index (Phi) is 8.64. The van der Waals surface area contributed by atoms with Crippen LogP contribution in [-0.2, 0) is 9.53 Å². The molecule has 2 N–H and O–H groups in total. The molecule has 0 amide bonds. The third-order valence-corrected chi connectivity index (χ3v) is 2.16. The molecule has 1 unspecified atom stereocenters. The molecule has 0 aromatic rings. The molecular weight excluding hydrogens is 178 g/mol. The fourth-order valence-corrected chi connectivity index (χ4v) is 1.16. The van der Waals surface area contributed by atoms with Gasteiger partial charge in [0.05, 0.1) is 6.61 Å². The van der Waals surface area contributed by atoms with E-state index in [-0.39, 0.29) is 5.97 Å². The SMILES string of the molecule is CCCCCC(N)C(=O)OCCCC. The first-order valence-electron chi connectivity index (χ1n) is 5.64. The highest BCUT2D eigenvalue weighted by Gasteiger charge is 2.13. The van der Waals surface area contributed by atoms with Crippen molar-refractivity contribution in [3.05, 3.63) is 0 Å². The molecule has 0 aromatic carbocycles. The summed E-state index contributed by atoms with van der Waals surface area (Å²) in [6.45, 7) is 4.71. The molecule has 0 aliphatic rings. The van der Waals surface area contributed by atoms with Crippen LogP contribution in [0, 0.1) is 0 Å². The summed E-state index contributed by atoms with van der Waals surface area (Å²) in [7, 11) is 0. The van der Waals surface area contributed by atoms with Crippen LogP contribution in [0.3, 0.4) is 0 Å². The number of nitrogens with two attached hydrogens (primary N) is 1. The zero-order valence-electron chi connectivity index (χ0n) is 9.42. The third kappa shape index (κ3) is 6.89. The highest BCUT2D eigenvalue weighted by atomic mass is 16.5. The Morgan fingerprint density at radius 3 is 2.43 bits per heavy atom. The van der Waals surface area contributed by atoms with E-state index >= 15 is 0 Å². The molecule has 0 aliphatic heterocycles. The second-order valence-corrected chi connectivity index (χ2v) is 3.62. The van der Waals surface area contributed by atoms with Crippen LogP contribution in [0.1, 0.15) is 52.4 Å². The van der Waals surface area contributed by atoms with Crippen molar-refractivity contribution in [2.75, 3.05) is 6.61 Å². The molecule has 0 radical (unpaired) electrons. The van der Waals surface area contributed by atoms with Gasteiger partial charge in [0.2, 0.25) is 0 Å². The Labute approximate surface area is 87.0 Å². The van der Waals surface area contributed by atoms with E-state index in [9.17, 15) is 4.79 Å². The van der Waals surface area contributed by atoms with Crippen LogP contribution >= 0.6 is 0 Å². The van der Waals surface area contributed by atoms with Gasteiger partial charge in [0, 0.05) is 0 Å². The van der Waals surface area contributed by atoms with Crippen LogP contribution in [0.2, 0.25) is 0 Å². The number of carbonyl (C=O) groups excluding carboxylic acids is 1. The van der Waals surface area contributed by atoms with Crippen molar-refractivity contribution in [3.8, 4) is 0 Å². The zero-order chi connectivity index (χ0) is 10.8. The second kappa shape index (κ2) is 9.00. The van der Waals surface area contributed by atoms with Gasteiger partial charge in [-0.25, -0.2) is 0 Å². The predicted molar refractivity (Wildman–Crippen MR) is 58.0 cm³/mol. The van der Waals surface area contributed by atoms with Crippen molar-refractivity contribution < 1.29 is 9.53 Å². The van der Waals surface area contributed by atoms with Crippen molar-refractivity contribution in [3.63, 3.8) is 0 Å². The Bertz CT molecular complexity index is 148. The van der Waals surface area contributed by atoms with Gasteiger partial charge in [0.25, 0.3) is 0 Å². The maximum absolute atomic E-state index is 11.3. The van der Waals surface area contributed by atoms with Crippen LogP contribution in [0.4, 0.5) is 0 Å². The number of hydrogen-bond donors (Lipinski definition) is 1. The van der Waals surface area contributed by atoms with Gasteiger partial charge < -0.3 is 10.5 Å². The Hall–Kier alpha value is -0.570. The standard InChI is InChI=1S/C11H23NO2/c1-3-5-7-8-10(12)11(13)14-9-6-4-2/h10H,3-9,12H2,1-2H3. The largest absolute Gasteiger partial charge is 0.465 e. The summed E-state index contributed by atoms with van der Waals surface area (Å²) in [5, 5.41) is 0. The number of unbranched alkanes of at least 4 members (excludes halogenated alkanes) is 3. The van der Waals surface area contributed by atoms with E-state index in [0.717, 1.165) is 38.5 Å². The lowest BCUT2D eigenvalue weighted by atomic mass is 10.1. The first-order chi connectivity index (χ1) is 6.72. The van der Waals surface area contributed by atoms with E-state index in [2.05, 4.69) is 13.8 Å². The second-order valence-electron chi connectivity index (χ2n) is 3.62. The fourth-order valence-electron chi connectivity index (χ4n) is 1.16. The quantitative estimate of drug-likeness (QED) is 0.484. The first kappa shape index (κ1) is 13.4. The Morgan fingerprint density at radius 2 is 1.86 bits per heavy atom. The van der Waals surface area contributed by atoms with Crippen LogP contribution in [-0.4, -0.2) is 18.6 Å². The Balaban J connectivity index is 3.44. The van der Waals surface area contributed by atoms with Crippen LogP contribution < -0.4 is 5.73 Å². The lowest BCUT2D eigenvalue weighted by molar-refractivity contribution is -0.145. The van der Waals surface area contributed by atoms with Gasteiger partial charge in [-0.3, -0.25) is 4.79 Å². The van der Waals surface area contributed by atoms with Gasteiger partial charge in [-0.2, -0.15) is 0 Å². The molecule has 84 valence electrons. The first-order valence-corrected chi connectivity index (χ1v) is 5.64. The van der Waals surface area contributed by atoms with E-state index in [1.165, 1.54) is 0 Å². The van der Waals surface area contributed by atoms with E-state index in [1.807, 2.05) is 0 Å². The average molecular weight is 201 g/mol. The molecule has 3 nitrogen and oxygen atoms in total. The molecule has 1 atom stereocenters. The molecule has 14 heavy (non-hydrogen) atoms. The van der Waals surface area contributed by atoms with Crippen molar-refractivity contribution in [2.45, 2.75) is 58.4 Å². The molecule has 0 saturated carbocycles. The molecule has 0 rings (SSSR count). The summed E-state index contributed by atoms with van der Waals surface area (Å²) in [6.07, 6.45) is 6.01. The van der Waals surface area contributed by atoms with Gasteiger partial charge in [-0.1, -0.05) is 39.5 Å². The molecule has 0 bridgehead atoms. The van der Waals surface area contributed by atoms with Crippen LogP contribution in [0.25, 0.3) is 0 Å². The third-order valence-electron chi connectivity index (χ3n) is 2.16. The number of ether oxygens (including phenoxy) is 1. The zero-order valence-corrected chi connectivity index (χ0v) is 9.42. The monoisotopic (exact) mass is 201 g/mol. The normalized spacial score (nSPS) is 12.5. The average Bonchev–Trinajstić information content (AvgIpc) is 2.18. The van der Waals surface area contributed by atoms with Crippen molar-refractivity contribution >= 4 is 5.97 Å². The topological polar surface area (TPSA) is 52.3 Å². The molecule has 0 fully saturated rings. The molecule has 0 aliphatic carbocycles. The molecule has 3 heteroatoms. The van der Waals surface area contributed by atoms with E-state index in [0.29, 0.717) is 6.61 Å². The van der Waals surface area contributed by atoms with Gasteiger partial charge in [0.15, 0.2) is 0 Å². The van der Waals surface area contributed by atoms with Crippen LogP contribution in [0.5, 0.6) is 0 Å². The van der Waals surface area contributed by atoms with Gasteiger partial charge in [0.1, 0.15) is 6.04 Å². The molecule has 0 aromatic heterocycles. The van der Waals surface area contributed by atoms with Crippen molar-refractivity contribution in [1.82, 2.24) is 0 Å². The van der Waals surface area contributed by atoms with Crippen LogP contribution in [0.15, 0.2) is 0 Å². The molecular formula is C11H23NO2. The van der Waals surface area contributed by atoms with Gasteiger partial charge in [-0.15, -0.1) is 0 Å². The smallest absolute Gasteiger partial charge is 0.322 e.